The van der Waals surface area contributed by atoms with Crippen molar-refractivity contribution < 1.29 is 0 Å². The van der Waals surface area contributed by atoms with E-state index in [4.69, 9.17) is 5.73 Å². The van der Waals surface area contributed by atoms with Crippen molar-refractivity contribution in [3.63, 3.8) is 0 Å². The predicted octanol–water partition coefficient (Wildman–Crippen LogP) is 1.62. The average molecular weight is 179 g/mol. The Kier molecular flexibility index (Phi) is 2.98. The van der Waals surface area contributed by atoms with Crippen LogP contribution in [0, 0.1) is 0 Å². The van der Waals surface area contributed by atoms with Gasteiger partial charge < -0.3 is 5.73 Å². The number of nitrogens with zero attached hydrogens (tertiary/aromatic N) is 2. The number of rotatable bonds is 3. The second-order valence-corrected chi connectivity index (χ2v) is 3.83. The van der Waals surface area contributed by atoms with Crippen molar-refractivity contribution in [1.82, 2.24) is 9.97 Å². The van der Waals surface area contributed by atoms with Gasteiger partial charge in [-0.05, 0) is 17.4 Å². The fourth-order valence-corrected chi connectivity index (χ4v) is 1.01. The molecule has 72 valence electrons. The molecule has 0 spiro atoms. The molecule has 0 amide bonds. The first-order valence-corrected chi connectivity index (χ1v) is 4.61. The van der Waals surface area contributed by atoms with Crippen molar-refractivity contribution in [2.24, 2.45) is 5.73 Å². The first-order valence-electron chi connectivity index (χ1n) is 4.61. The van der Waals surface area contributed by atoms with Crippen molar-refractivity contribution in [1.29, 1.82) is 0 Å². The summed E-state index contributed by atoms with van der Waals surface area (Å²) in [6.45, 7) is 6.95. The van der Waals surface area contributed by atoms with E-state index in [0.717, 1.165) is 6.42 Å². The van der Waals surface area contributed by atoms with Gasteiger partial charge in [0, 0.05) is 12.4 Å². The maximum Gasteiger partial charge on any atom is 0.141 e. The normalized spacial score (nSPS) is 11.7. The summed E-state index contributed by atoms with van der Waals surface area (Å²) in [5.74, 6) is 0.704. The summed E-state index contributed by atoms with van der Waals surface area (Å²) in [7, 11) is 0. The molecule has 0 bridgehead atoms. The van der Waals surface area contributed by atoms with E-state index >= 15 is 0 Å². The highest BCUT2D eigenvalue weighted by Crippen LogP contribution is 2.24. The Morgan fingerprint density at radius 2 is 1.85 bits per heavy atom. The molecule has 0 aliphatic heterocycles. The molecular formula is C10H17N3. The van der Waals surface area contributed by atoms with Crippen LogP contribution in [0.4, 0.5) is 0 Å². The maximum atomic E-state index is 5.42. The fourth-order valence-electron chi connectivity index (χ4n) is 1.01. The lowest BCUT2D eigenvalue weighted by molar-refractivity contribution is 0.501. The van der Waals surface area contributed by atoms with E-state index in [-0.39, 0.29) is 5.41 Å². The second-order valence-electron chi connectivity index (χ2n) is 3.83. The molecule has 1 aromatic rings. The van der Waals surface area contributed by atoms with Crippen molar-refractivity contribution >= 4 is 0 Å². The van der Waals surface area contributed by atoms with Crippen LogP contribution in [0.15, 0.2) is 12.4 Å². The van der Waals surface area contributed by atoms with Gasteiger partial charge in [0.1, 0.15) is 5.82 Å². The molecule has 3 nitrogen and oxygen atoms in total. The highest BCUT2D eigenvalue weighted by atomic mass is 14.9. The van der Waals surface area contributed by atoms with Gasteiger partial charge in [-0.15, -0.1) is 0 Å². The molecule has 1 heterocycles. The molecule has 13 heavy (non-hydrogen) atoms. The first kappa shape index (κ1) is 10.1. The summed E-state index contributed by atoms with van der Waals surface area (Å²) < 4.78 is 0. The molecule has 0 aliphatic rings. The summed E-state index contributed by atoms with van der Waals surface area (Å²) in [6, 6.07) is 0. The Labute approximate surface area is 79.4 Å². The third-order valence-corrected chi connectivity index (χ3v) is 2.55. The molecule has 2 N–H and O–H groups in total. The Balaban J connectivity index is 2.92. The number of aromatic nitrogens is 2. The van der Waals surface area contributed by atoms with Gasteiger partial charge in [-0.1, -0.05) is 20.8 Å². The minimum absolute atomic E-state index is 0.160. The second kappa shape index (κ2) is 3.83. The topological polar surface area (TPSA) is 51.8 Å². The van der Waals surface area contributed by atoms with Gasteiger partial charge in [-0.2, -0.15) is 0 Å². The standard InChI is InChI=1S/C10H17N3/c1-4-10(2,3)8-6-12-9(5-11)13-7-8/h6-7H,4-5,11H2,1-3H3. The molecule has 0 unspecified atom stereocenters. The zero-order valence-corrected chi connectivity index (χ0v) is 8.54. The molecular weight excluding hydrogens is 162 g/mol. The Morgan fingerprint density at radius 1 is 1.31 bits per heavy atom. The third kappa shape index (κ3) is 2.25. The molecule has 0 radical (unpaired) electrons. The Hall–Kier alpha value is -0.960. The van der Waals surface area contributed by atoms with E-state index in [1.54, 1.807) is 0 Å². The van der Waals surface area contributed by atoms with Crippen molar-refractivity contribution in [3.05, 3.63) is 23.8 Å². The van der Waals surface area contributed by atoms with E-state index in [1.165, 1.54) is 5.56 Å². The van der Waals surface area contributed by atoms with Crippen LogP contribution in [0.3, 0.4) is 0 Å². The molecule has 1 aromatic heterocycles. The van der Waals surface area contributed by atoms with Gasteiger partial charge in [0.15, 0.2) is 0 Å². The largest absolute Gasteiger partial charge is 0.324 e. The molecule has 3 heteroatoms. The molecule has 0 saturated heterocycles. The van der Waals surface area contributed by atoms with Gasteiger partial charge in [0.25, 0.3) is 0 Å². The minimum atomic E-state index is 0.160. The maximum absolute atomic E-state index is 5.42. The van der Waals surface area contributed by atoms with Gasteiger partial charge in [-0.3, -0.25) is 0 Å². The van der Waals surface area contributed by atoms with Gasteiger partial charge >= 0.3 is 0 Å². The zero-order chi connectivity index (χ0) is 9.90. The summed E-state index contributed by atoms with van der Waals surface area (Å²) in [5.41, 5.74) is 6.75. The van der Waals surface area contributed by atoms with Crippen LogP contribution in [0.1, 0.15) is 38.6 Å². The van der Waals surface area contributed by atoms with Crippen LogP contribution in [-0.4, -0.2) is 9.97 Å². The number of hydrogen-bond donors (Lipinski definition) is 1. The molecule has 0 saturated carbocycles. The average Bonchev–Trinajstić information content (AvgIpc) is 2.18. The third-order valence-electron chi connectivity index (χ3n) is 2.55. The fraction of sp³-hybridized carbons (Fsp3) is 0.600. The summed E-state index contributed by atoms with van der Waals surface area (Å²) in [4.78, 5) is 8.35. The van der Waals surface area contributed by atoms with Crippen LogP contribution in [0.5, 0.6) is 0 Å². The molecule has 0 fully saturated rings. The van der Waals surface area contributed by atoms with E-state index in [0.29, 0.717) is 12.4 Å². The minimum Gasteiger partial charge on any atom is -0.324 e. The van der Waals surface area contributed by atoms with Gasteiger partial charge in [0.05, 0.1) is 6.54 Å². The number of hydrogen-bond acceptors (Lipinski definition) is 3. The van der Waals surface area contributed by atoms with E-state index in [9.17, 15) is 0 Å². The number of nitrogens with two attached hydrogens (primary N) is 1. The van der Waals surface area contributed by atoms with Gasteiger partial charge in [0.2, 0.25) is 0 Å². The Bertz CT molecular complexity index is 264. The smallest absolute Gasteiger partial charge is 0.141 e. The lowest BCUT2D eigenvalue weighted by Crippen LogP contribution is -2.17. The Morgan fingerprint density at radius 3 is 2.23 bits per heavy atom. The van der Waals surface area contributed by atoms with Crippen LogP contribution >= 0.6 is 0 Å². The van der Waals surface area contributed by atoms with Crippen molar-refractivity contribution in [2.45, 2.75) is 39.2 Å². The van der Waals surface area contributed by atoms with Crippen LogP contribution < -0.4 is 5.73 Å². The highest BCUT2D eigenvalue weighted by molar-refractivity contribution is 5.16. The summed E-state index contributed by atoms with van der Waals surface area (Å²) in [6.07, 6.45) is 4.83. The van der Waals surface area contributed by atoms with E-state index < -0.39 is 0 Å². The van der Waals surface area contributed by atoms with Crippen LogP contribution in [0.2, 0.25) is 0 Å². The monoisotopic (exact) mass is 179 g/mol. The predicted molar refractivity (Wildman–Crippen MR) is 53.2 cm³/mol. The molecule has 0 aliphatic carbocycles. The lowest BCUT2D eigenvalue weighted by atomic mass is 9.84. The van der Waals surface area contributed by atoms with E-state index in [2.05, 4.69) is 30.7 Å². The quantitative estimate of drug-likeness (QED) is 0.767. The summed E-state index contributed by atoms with van der Waals surface area (Å²) in [5, 5.41) is 0. The zero-order valence-electron chi connectivity index (χ0n) is 8.54. The molecule has 0 aromatic carbocycles. The first-order chi connectivity index (χ1) is 6.10. The highest BCUT2D eigenvalue weighted by Gasteiger charge is 2.18. The van der Waals surface area contributed by atoms with Crippen LogP contribution in [0.25, 0.3) is 0 Å². The van der Waals surface area contributed by atoms with Crippen molar-refractivity contribution in [3.8, 4) is 0 Å². The molecule has 0 atom stereocenters. The SMILES string of the molecule is CCC(C)(C)c1cnc(CN)nc1. The van der Waals surface area contributed by atoms with Gasteiger partial charge in [-0.25, -0.2) is 9.97 Å². The summed E-state index contributed by atoms with van der Waals surface area (Å²) >= 11 is 0. The molecule has 1 rings (SSSR count). The lowest BCUT2D eigenvalue weighted by Gasteiger charge is -2.22. The van der Waals surface area contributed by atoms with Crippen LogP contribution in [-0.2, 0) is 12.0 Å². The van der Waals surface area contributed by atoms with E-state index in [1.807, 2.05) is 12.4 Å². The van der Waals surface area contributed by atoms with Crippen molar-refractivity contribution in [2.75, 3.05) is 0 Å².